The Bertz CT molecular complexity index is 940. The third-order valence-corrected chi connectivity index (χ3v) is 4.44. The lowest BCUT2D eigenvalue weighted by atomic mass is 9.88. The Labute approximate surface area is 161 Å². The minimum Gasteiger partial charge on any atom is -0.355 e. The lowest BCUT2D eigenvalue weighted by molar-refractivity contribution is -0.385. The molecule has 28 heavy (non-hydrogen) atoms. The number of hydrogen-bond acceptors (Lipinski definition) is 5. The minimum absolute atomic E-state index is 0.0236. The van der Waals surface area contributed by atoms with E-state index in [1.54, 1.807) is 18.2 Å². The van der Waals surface area contributed by atoms with Crippen LogP contribution in [-0.4, -0.2) is 29.5 Å². The van der Waals surface area contributed by atoms with Crippen molar-refractivity contribution in [1.82, 2.24) is 10.7 Å². The van der Waals surface area contributed by atoms with E-state index in [0.29, 0.717) is 12.1 Å². The van der Waals surface area contributed by atoms with Crippen molar-refractivity contribution in [3.63, 3.8) is 0 Å². The number of para-hydroxylation sites is 1. The highest BCUT2D eigenvalue weighted by Gasteiger charge is 2.40. The molecule has 0 spiro atoms. The topological polar surface area (TPSA) is 114 Å². The van der Waals surface area contributed by atoms with Gasteiger partial charge in [0.2, 0.25) is 5.91 Å². The van der Waals surface area contributed by atoms with Crippen LogP contribution in [0.4, 0.5) is 5.69 Å². The smallest absolute Gasteiger partial charge is 0.276 e. The van der Waals surface area contributed by atoms with Crippen LogP contribution >= 0.6 is 0 Å². The molecule has 0 radical (unpaired) electrons. The summed E-state index contributed by atoms with van der Waals surface area (Å²) in [5, 5.41) is 17.5. The van der Waals surface area contributed by atoms with Gasteiger partial charge in [-0.3, -0.25) is 19.7 Å². The first-order valence-electron chi connectivity index (χ1n) is 8.63. The van der Waals surface area contributed by atoms with E-state index in [0.717, 1.165) is 5.56 Å². The zero-order valence-electron chi connectivity index (χ0n) is 14.8. The standard InChI is InChI=1S/C20H18N4O4/c25-19-18(16(13-21-19)14-7-2-1-3-8-14)20(26)23-22-12-6-10-15-9-4-5-11-17(15)24(27)28/h1-12,16,18H,13H2,(H,21,25)(H,23,26)/b10-6-,22-12+/t16-,18-/m0/s1. The molecule has 1 aliphatic rings. The summed E-state index contributed by atoms with van der Waals surface area (Å²) in [6, 6.07) is 15.6. The Kier molecular flexibility index (Phi) is 5.91. The van der Waals surface area contributed by atoms with Crippen LogP contribution in [0.3, 0.4) is 0 Å². The van der Waals surface area contributed by atoms with Crippen molar-refractivity contribution in [2.45, 2.75) is 5.92 Å². The van der Waals surface area contributed by atoms with Gasteiger partial charge in [-0.15, -0.1) is 0 Å². The molecule has 142 valence electrons. The van der Waals surface area contributed by atoms with Crippen molar-refractivity contribution in [2.24, 2.45) is 11.0 Å². The number of nitro benzene ring substituents is 1. The predicted molar refractivity (Wildman–Crippen MR) is 104 cm³/mol. The van der Waals surface area contributed by atoms with E-state index in [2.05, 4.69) is 15.8 Å². The molecule has 8 heteroatoms. The van der Waals surface area contributed by atoms with Crippen LogP contribution in [0, 0.1) is 16.0 Å². The quantitative estimate of drug-likeness (QED) is 0.347. The molecule has 0 saturated carbocycles. The van der Waals surface area contributed by atoms with Gasteiger partial charge >= 0.3 is 0 Å². The minimum atomic E-state index is -0.862. The zero-order valence-corrected chi connectivity index (χ0v) is 14.8. The molecule has 8 nitrogen and oxygen atoms in total. The van der Waals surface area contributed by atoms with E-state index >= 15 is 0 Å². The van der Waals surface area contributed by atoms with Gasteiger partial charge in [0.25, 0.3) is 11.6 Å². The summed E-state index contributed by atoms with van der Waals surface area (Å²) in [7, 11) is 0. The number of nitrogens with one attached hydrogen (secondary N) is 2. The molecule has 0 aliphatic carbocycles. The molecule has 0 aromatic heterocycles. The van der Waals surface area contributed by atoms with Crippen molar-refractivity contribution in [2.75, 3.05) is 6.54 Å². The van der Waals surface area contributed by atoms with Gasteiger partial charge < -0.3 is 5.32 Å². The fraction of sp³-hybridized carbons (Fsp3) is 0.150. The summed E-state index contributed by atoms with van der Waals surface area (Å²) in [6.45, 7) is 0.391. The molecule has 1 saturated heterocycles. The first-order chi connectivity index (χ1) is 13.6. The molecule has 2 aromatic carbocycles. The average molecular weight is 378 g/mol. The molecule has 3 rings (SSSR count). The summed E-state index contributed by atoms with van der Waals surface area (Å²) in [5.74, 6) is -1.96. The van der Waals surface area contributed by atoms with Crippen LogP contribution in [0.5, 0.6) is 0 Å². The van der Waals surface area contributed by atoms with Crippen molar-refractivity contribution in [3.8, 4) is 0 Å². The van der Waals surface area contributed by atoms with E-state index < -0.39 is 16.7 Å². The van der Waals surface area contributed by atoms with Gasteiger partial charge in [-0.25, -0.2) is 5.43 Å². The third kappa shape index (κ3) is 4.29. The SMILES string of the molecule is O=C1NC[C@@H](c2ccccc2)[C@@H]1C(=O)N/N=C/C=C\c1ccccc1[N+](=O)[O-]. The number of nitro groups is 1. The van der Waals surface area contributed by atoms with E-state index in [1.165, 1.54) is 24.4 Å². The summed E-state index contributed by atoms with van der Waals surface area (Å²) < 4.78 is 0. The number of amides is 2. The van der Waals surface area contributed by atoms with Gasteiger partial charge in [0.15, 0.2) is 0 Å². The van der Waals surface area contributed by atoms with Gasteiger partial charge in [-0.2, -0.15) is 5.10 Å². The van der Waals surface area contributed by atoms with Crippen LogP contribution in [0.2, 0.25) is 0 Å². The third-order valence-electron chi connectivity index (χ3n) is 4.44. The Morgan fingerprint density at radius 2 is 1.89 bits per heavy atom. The Morgan fingerprint density at radius 3 is 2.64 bits per heavy atom. The zero-order chi connectivity index (χ0) is 19.9. The maximum atomic E-state index is 12.4. The van der Waals surface area contributed by atoms with Crippen LogP contribution in [0.1, 0.15) is 17.0 Å². The number of hydrogen-bond donors (Lipinski definition) is 2. The number of rotatable bonds is 6. The second-order valence-electron chi connectivity index (χ2n) is 6.17. The molecule has 0 unspecified atom stereocenters. The average Bonchev–Trinajstić information content (AvgIpc) is 3.10. The van der Waals surface area contributed by atoms with E-state index in [1.807, 2.05) is 30.3 Å². The van der Waals surface area contributed by atoms with E-state index in [9.17, 15) is 19.7 Å². The Morgan fingerprint density at radius 1 is 1.18 bits per heavy atom. The molecular weight excluding hydrogens is 360 g/mol. The highest BCUT2D eigenvalue weighted by molar-refractivity contribution is 6.03. The van der Waals surface area contributed by atoms with Gasteiger partial charge in [0.1, 0.15) is 5.92 Å². The number of nitrogens with zero attached hydrogens (tertiary/aromatic N) is 2. The predicted octanol–water partition coefficient (Wildman–Crippen LogP) is 2.24. The molecule has 1 heterocycles. The Hall–Kier alpha value is -3.81. The molecule has 1 aliphatic heterocycles. The van der Waals surface area contributed by atoms with Crippen LogP contribution < -0.4 is 10.7 Å². The molecule has 2 N–H and O–H groups in total. The largest absolute Gasteiger partial charge is 0.355 e. The number of hydrazone groups is 1. The highest BCUT2D eigenvalue weighted by Crippen LogP contribution is 2.29. The van der Waals surface area contributed by atoms with Crippen molar-refractivity contribution in [1.29, 1.82) is 0 Å². The summed E-state index contributed by atoms with van der Waals surface area (Å²) in [4.78, 5) is 35.0. The molecule has 2 amide bonds. The molecule has 2 atom stereocenters. The molecule has 0 bridgehead atoms. The van der Waals surface area contributed by atoms with Gasteiger partial charge in [-0.05, 0) is 23.8 Å². The van der Waals surface area contributed by atoms with Gasteiger partial charge in [0, 0.05) is 24.7 Å². The summed E-state index contributed by atoms with van der Waals surface area (Å²) >= 11 is 0. The first kappa shape index (κ1) is 19.0. The molecular formula is C20H18N4O4. The highest BCUT2D eigenvalue weighted by atomic mass is 16.6. The fourth-order valence-electron chi connectivity index (χ4n) is 3.09. The normalized spacial score (nSPS) is 19.1. The van der Waals surface area contributed by atoms with Crippen LogP contribution in [0.25, 0.3) is 6.08 Å². The Balaban J connectivity index is 1.63. The number of allylic oxidation sites excluding steroid dienone is 1. The molecule has 2 aromatic rings. The lowest BCUT2D eigenvalue weighted by Gasteiger charge is -2.15. The van der Waals surface area contributed by atoms with Crippen LogP contribution in [-0.2, 0) is 9.59 Å². The van der Waals surface area contributed by atoms with Crippen molar-refractivity contribution < 1.29 is 14.5 Å². The number of carbonyl (C=O) groups is 2. The van der Waals surface area contributed by atoms with Gasteiger partial charge in [0.05, 0.1) is 10.5 Å². The summed E-state index contributed by atoms with van der Waals surface area (Å²) in [5.41, 5.74) is 3.66. The van der Waals surface area contributed by atoms with Crippen LogP contribution in [0.15, 0.2) is 65.8 Å². The maximum Gasteiger partial charge on any atom is 0.276 e. The second-order valence-corrected chi connectivity index (χ2v) is 6.17. The van der Waals surface area contributed by atoms with Gasteiger partial charge in [-0.1, -0.05) is 42.5 Å². The number of carbonyl (C=O) groups excluding carboxylic acids is 2. The maximum absolute atomic E-state index is 12.4. The van der Waals surface area contributed by atoms with E-state index in [-0.39, 0.29) is 17.5 Å². The monoisotopic (exact) mass is 378 g/mol. The second kappa shape index (κ2) is 8.72. The lowest BCUT2D eigenvalue weighted by Crippen LogP contribution is -2.34. The molecule has 1 fully saturated rings. The summed E-state index contributed by atoms with van der Waals surface area (Å²) in [6.07, 6.45) is 4.30. The van der Waals surface area contributed by atoms with Crippen molar-refractivity contribution in [3.05, 3.63) is 81.9 Å². The number of benzene rings is 2. The first-order valence-corrected chi connectivity index (χ1v) is 8.63. The fourth-order valence-corrected chi connectivity index (χ4v) is 3.09. The van der Waals surface area contributed by atoms with Crippen molar-refractivity contribution >= 4 is 29.8 Å². The van der Waals surface area contributed by atoms with E-state index in [4.69, 9.17) is 0 Å².